The molecule has 0 saturated heterocycles. The predicted molar refractivity (Wildman–Crippen MR) is 93.3 cm³/mol. The van der Waals surface area contributed by atoms with Gasteiger partial charge in [0.05, 0.1) is 0 Å². The second-order valence-corrected chi connectivity index (χ2v) is 8.04. The van der Waals surface area contributed by atoms with E-state index in [0.29, 0.717) is 34.6 Å². The van der Waals surface area contributed by atoms with Crippen LogP contribution in [-0.4, -0.2) is 23.4 Å². The van der Waals surface area contributed by atoms with E-state index in [4.69, 9.17) is 4.28 Å². The number of hydrogen-bond acceptors (Lipinski definition) is 5. The second kappa shape index (κ2) is 6.63. The first kappa shape index (κ1) is 17.7. The van der Waals surface area contributed by atoms with Gasteiger partial charge in [-0.2, -0.15) is 8.42 Å². The van der Waals surface area contributed by atoms with Crippen LogP contribution in [0.3, 0.4) is 0 Å². The molecule has 1 aliphatic rings. The van der Waals surface area contributed by atoms with Crippen molar-refractivity contribution in [1.29, 1.82) is 0 Å². The maximum absolute atomic E-state index is 12.5. The van der Waals surface area contributed by atoms with Gasteiger partial charge < -0.3 is 10.2 Å². The van der Waals surface area contributed by atoms with E-state index in [1.807, 2.05) is 0 Å². The molecule has 1 heterocycles. The maximum Gasteiger partial charge on any atom is 0.357 e. The van der Waals surface area contributed by atoms with Crippen molar-refractivity contribution in [3.63, 3.8) is 0 Å². The van der Waals surface area contributed by atoms with E-state index in [-0.39, 0.29) is 16.7 Å². The third-order valence-electron chi connectivity index (χ3n) is 4.92. The molecule has 1 aromatic carbocycles. The van der Waals surface area contributed by atoms with Crippen LogP contribution in [-0.2, 0) is 23.0 Å². The number of rotatable bonds is 5. The second-order valence-electron chi connectivity index (χ2n) is 6.51. The summed E-state index contributed by atoms with van der Waals surface area (Å²) in [5, 5.41) is 20.5. The fourth-order valence-electron chi connectivity index (χ4n) is 3.15. The molecule has 0 spiro atoms. The van der Waals surface area contributed by atoms with Crippen LogP contribution >= 0.6 is 0 Å². The minimum Gasteiger partial charge on any atom is -0.492 e. The largest absolute Gasteiger partial charge is 0.492 e. The average Bonchev–Trinajstić information content (AvgIpc) is 2.86. The van der Waals surface area contributed by atoms with Crippen LogP contribution in [0.5, 0.6) is 11.8 Å². The summed E-state index contributed by atoms with van der Waals surface area (Å²) < 4.78 is 30.6. The molecule has 0 amide bonds. The molecule has 0 fully saturated rings. The van der Waals surface area contributed by atoms with E-state index < -0.39 is 10.1 Å². The summed E-state index contributed by atoms with van der Waals surface area (Å²) in [6.07, 6.45) is 3.91. The Bertz CT molecular complexity index is 838. The molecule has 1 unspecified atom stereocenters. The van der Waals surface area contributed by atoms with Gasteiger partial charge in [0.2, 0.25) is 11.8 Å². The molecule has 0 radical (unpaired) electrons. The molecule has 1 aliphatic carbocycles. The van der Waals surface area contributed by atoms with E-state index in [1.54, 1.807) is 12.1 Å². The molecular formula is C18H23NO5S. The zero-order valence-electron chi connectivity index (χ0n) is 14.4. The Labute approximate surface area is 147 Å². The number of aromatic nitrogens is 1. The van der Waals surface area contributed by atoms with Crippen molar-refractivity contribution in [3.05, 3.63) is 41.0 Å². The van der Waals surface area contributed by atoms with Gasteiger partial charge in [-0.3, -0.25) is 4.28 Å². The Kier molecular flexibility index (Phi) is 4.69. The Hall–Kier alpha value is -2.15. The molecule has 6 nitrogen and oxygen atoms in total. The molecule has 0 aliphatic heterocycles. The van der Waals surface area contributed by atoms with Crippen molar-refractivity contribution in [2.24, 2.45) is 0 Å². The lowest BCUT2D eigenvalue weighted by atomic mass is 9.95. The minimum absolute atomic E-state index is 0.0231. The molecule has 136 valence electrons. The fraction of sp³-hybridized carbons (Fsp3) is 0.444. The molecule has 0 bridgehead atoms. The number of fused-ring (bicyclic) bond motifs is 1. The van der Waals surface area contributed by atoms with Gasteiger partial charge in [0.1, 0.15) is 4.90 Å². The van der Waals surface area contributed by atoms with Crippen LogP contribution in [0, 0.1) is 0 Å². The van der Waals surface area contributed by atoms with Crippen LogP contribution < -0.4 is 4.28 Å². The number of benzene rings is 1. The highest BCUT2D eigenvalue weighted by atomic mass is 32.2. The Morgan fingerprint density at radius 3 is 2.08 bits per heavy atom. The first-order chi connectivity index (χ1) is 11.8. The average molecular weight is 365 g/mol. The van der Waals surface area contributed by atoms with Gasteiger partial charge in [-0.05, 0) is 55.7 Å². The number of nitrogens with zero attached hydrogens (tertiary/aromatic N) is 1. The van der Waals surface area contributed by atoms with E-state index in [1.165, 1.54) is 12.1 Å². The van der Waals surface area contributed by atoms with Gasteiger partial charge in [-0.15, -0.1) is 0 Å². The Balaban J connectivity index is 1.91. The van der Waals surface area contributed by atoms with Crippen molar-refractivity contribution in [2.75, 3.05) is 0 Å². The van der Waals surface area contributed by atoms with Crippen LogP contribution in [0.1, 0.15) is 55.7 Å². The normalized spacial score (nSPS) is 15.6. The minimum atomic E-state index is -4.16. The highest BCUT2D eigenvalue weighted by Gasteiger charge is 2.29. The number of aromatic hydroxyl groups is 2. The topological polar surface area (TPSA) is 88.8 Å². The summed E-state index contributed by atoms with van der Waals surface area (Å²) in [5.74, 6) is -0.346. The lowest BCUT2D eigenvalue weighted by Gasteiger charge is -2.11. The van der Waals surface area contributed by atoms with Crippen molar-refractivity contribution in [2.45, 2.75) is 56.8 Å². The molecule has 2 aromatic rings. The summed E-state index contributed by atoms with van der Waals surface area (Å²) in [5.41, 5.74) is 2.17. The number of hydrogen-bond donors (Lipinski definition) is 2. The maximum atomic E-state index is 12.5. The zero-order chi connectivity index (χ0) is 18.2. The predicted octanol–water partition coefficient (Wildman–Crippen LogP) is 3.11. The smallest absolute Gasteiger partial charge is 0.357 e. The van der Waals surface area contributed by atoms with Gasteiger partial charge in [-0.1, -0.05) is 30.7 Å². The third-order valence-corrected chi connectivity index (χ3v) is 6.11. The molecule has 0 saturated carbocycles. The van der Waals surface area contributed by atoms with E-state index >= 15 is 0 Å². The van der Waals surface area contributed by atoms with Crippen LogP contribution in [0.4, 0.5) is 0 Å². The van der Waals surface area contributed by atoms with Crippen molar-refractivity contribution in [3.8, 4) is 11.8 Å². The standard InChI is InChI=1S/C18H23NO5S/c1-3-12(2)13-8-10-14(11-9-13)25(22,23)24-19-17(20)15-6-4-5-7-16(15)18(19)21/h8-12,20-21H,3-7H2,1-2H3. The summed E-state index contributed by atoms with van der Waals surface area (Å²) in [6.45, 7) is 4.14. The van der Waals surface area contributed by atoms with Crippen LogP contribution in [0.15, 0.2) is 29.2 Å². The summed E-state index contributed by atoms with van der Waals surface area (Å²) >= 11 is 0. The Morgan fingerprint density at radius 2 is 1.60 bits per heavy atom. The van der Waals surface area contributed by atoms with Gasteiger partial charge in [0.15, 0.2) is 0 Å². The van der Waals surface area contributed by atoms with E-state index in [2.05, 4.69) is 13.8 Å². The highest BCUT2D eigenvalue weighted by molar-refractivity contribution is 7.87. The van der Waals surface area contributed by atoms with Crippen molar-refractivity contribution in [1.82, 2.24) is 4.73 Å². The zero-order valence-corrected chi connectivity index (χ0v) is 15.2. The highest BCUT2D eigenvalue weighted by Crippen LogP contribution is 2.38. The third kappa shape index (κ3) is 3.20. The van der Waals surface area contributed by atoms with Crippen molar-refractivity contribution >= 4 is 10.1 Å². The van der Waals surface area contributed by atoms with E-state index in [0.717, 1.165) is 24.8 Å². The van der Waals surface area contributed by atoms with Crippen molar-refractivity contribution < 1.29 is 22.9 Å². The first-order valence-corrected chi connectivity index (χ1v) is 9.95. The van der Waals surface area contributed by atoms with Crippen LogP contribution in [0.25, 0.3) is 0 Å². The quantitative estimate of drug-likeness (QED) is 0.850. The monoisotopic (exact) mass is 365 g/mol. The molecule has 1 atom stereocenters. The summed E-state index contributed by atoms with van der Waals surface area (Å²) in [7, 11) is -4.16. The molecule has 2 N–H and O–H groups in total. The molecule has 25 heavy (non-hydrogen) atoms. The van der Waals surface area contributed by atoms with Gasteiger partial charge in [0, 0.05) is 11.1 Å². The fourth-order valence-corrected chi connectivity index (χ4v) is 4.05. The first-order valence-electron chi connectivity index (χ1n) is 8.54. The van der Waals surface area contributed by atoms with Crippen LogP contribution in [0.2, 0.25) is 0 Å². The molecular weight excluding hydrogens is 342 g/mol. The Morgan fingerprint density at radius 1 is 1.08 bits per heavy atom. The van der Waals surface area contributed by atoms with Gasteiger partial charge in [-0.25, -0.2) is 0 Å². The lowest BCUT2D eigenvalue weighted by Crippen LogP contribution is -2.20. The van der Waals surface area contributed by atoms with Gasteiger partial charge >= 0.3 is 10.1 Å². The summed E-state index contributed by atoms with van der Waals surface area (Å²) in [6, 6.07) is 6.47. The van der Waals surface area contributed by atoms with E-state index in [9.17, 15) is 18.6 Å². The molecule has 3 rings (SSSR count). The lowest BCUT2D eigenvalue weighted by molar-refractivity contribution is 0.202. The SMILES string of the molecule is CCC(C)c1ccc(S(=O)(=O)On2c(O)c3c(c2O)CCCC3)cc1. The molecule has 7 heteroatoms. The van der Waals surface area contributed by atoms with Gasteiger partial charge in [0.25, 0.3) is 0 Å². The summed E-state index contributed by atoms with van der Waals surface area (Å²) in [4.78, 5) is -0.0231. The molecule has 1 aromatic heterocycles.